The van der Waals surface area contributed by atoms with E-state index in [1.807, 2.05) is 37.3 Å². The molecule has 1 aromatic rings. The van der Waals surface area contributed by atoms with Gasteiger partial charge in [0.05, 0.1) is 31.5 Å². The van der Waals surface area contributed by atoms with Gasteiger partial charge in [0.1, 0.15) is 0 Å². The number of nitrogens with zero attached hydrogens (tertiary/aromatic N) is 3. The van der Waals surface area contributed by atoms with E-state index in [0.717, 1.165) is 24.2 Å². The smallest absolute Gasteiger partial charge is 0.256 e. The molecule has 0 saturated carbocycles. The fourth-order valence-corrected chi connectivity index (χ4v) is 2.92. The lowest BCUT2D eigenvalue weighted by Crippen LogP contribution is -2.50. The van der Waals surface area contributed by atoms with Gasteiger partial charge in [0.25, 0.3) is 5.91 Å². The first-order chi connectivity index (χ1) is 10.6. The van der Waals surface area contributed by atoms with Gasteiger partial charge in [-0.05, 0) is 19.4 Å². The lowest BCUT2D eigenvalue weighted by Gasteiger charge is -2.36. The average Bonchev–Trinajstić information content (AvgIpc) is 3.02. The van der Waals surface area contributed by atoms with Crippen LogP contribution in [0.5, 0.6) is 0 Å². The normalized spacial score (nSPS) is 26.1. The molecule has 1 aromatic carbocycles. The average molecular weight is 301 g/mol. The third kappa shape index (κ3) is 3.36. The number of benzene rings is 1. The van der Waals surface area contributed by atoms with Crippen LogP contribution in [0.1, 0.15) is 25.8 Å². The molecule has 2 heterocycles. The van der Waals surface area contributed by atoms with Crippen molar-refractivity contribution in [2.75, 3.05) is 26.2 Å². The summed E-state index contributed by atoms with van der Waals surface area (Å²) in [7, 11) is 0. The number of hydrogen-bond donors (Lipinski definition) is 0. The van der Waals surface area contributed by atoms with E-state index in [1.54, 1.807) is 5.01 Å². The Kier molecular flexibility index (Phi) is 4.55. The summed E-state index contributed by atoms with van der Waals surface area (Å²) in [6.07, 6.45) is 1.01. The van der Waals surface area contributed by atoms with Crippen LogP contribution in [0.15, 0.2) is 35.4 Å². The van der Waals surface area contributed by atoms with E-state index in [1.165, 1.54) is 0 Å². The second kappa shape index (κ2) is 6.58. The minimum absolute atomic E-state index is 0.0758. The highest BCUT2D eigenvalue weighted by atomic mass is 16.5. The van der Waals surface area contributed by atoms with Crippen LogP contribution in [0.3, 0.4) is 0 Å². The van der Waals surface area contributed by atoms with Crippen LogP contribution in [0.2, 0.25) is 0 Å². The monoisotopic (exact) mass is 301 g/mol. The molecule has 3 rings (SSSR count). The Labute approximate surface area is 131 Å². The highest BCUT2D eigenvalue weighted by Crippen LogP contribution is 2.16. The molecule has 0 aliphatic carbocycles. The number of ether oxygens (including phenoxy) is 1. The highest BCUT2D eigenvalue weighted by Gasteiger charge is 2.28. The maximum atomic E-state index is 12.5. The zero-order valence-electron chi connectivity index (χ0n) is 13.2. The third-order valence-corrected chi connectivity index (χ3v) is 4.27. The van der Waals surface area contributed by atoms with E-state index < -0.39 is 0 Å². The molecule has 0 radical (unpaired) electrons. The van der Waals surface area contributed by atoms with Crippen LogP contribution in [-0.2, 0) is 9.53 Å². The molecule has 2 aliphatic heterocycles. The lowest BCUT2D eigenvalue weighted by molar-refractivity contribution is -0.135. The Morgan fingerprint density at radius 1 is 1.32 bits per heavy atom. The van der Waals surface area contributed by atoms with Gasteiger partial charge in [-0.15, -0.1) is 0 Å². The molecular weight excluding hydrogens is 278 g/mol. The van der Waals surface area contributed by atoms with Crippen molar-refractivity contribution in [1.82, 2.24) is 9.91 Å². The summed E-state index contributed by atoms with van der Waals surface area (Å²) in [6, 6.07) is 10.3. The van der Waals surface area contributed by atoms with Crippen molar-refractivity contribution in [2.45, 2.75) is 32.4 Å². The fourth-order valence-electron chi connectivity index (χ4n) is 2.92. The Morgan fingerprint density at radius 2 is 2.09 bits per heavy atom. The first kappa shape index (κ1) is 15.2. The standard InChI is InChI=1S/C17H23N3O2/c1-13-12-22-14(2)10-19(13)11-17(21)20-9-8-16(18-20)15-6-4-3-5-7-15/h3-7,13-14H,8-12H2,1-2H3/t13-,14+/m0/s1. The lowest BCUT2D eigenvalue weighted by atomic mass is 10.1. The second-order valence-electron chi connectivity index (χ2n) is 6.10. The van der Waals surface area contributed by atoms with E-state index in [0.29, 0.717) is 19.7 Å². The van der Waals surface area contributed by atoms with Gasteiger partial charge in [-0.2, -0.15) is 5.10 Å². The van der Waals surface area contributed by atoms with Gasteiger partial charge in [0.2, 0.25) is 0 Å². The predicted molar refractivity (Wildman–Crippen MR) is 85.8 cm³/mol. The molecule has 1 fully saturated rings. The SMILES string of the molecule is C[C@@H]1CN(CC(=O)N2CCC(c3ccccc3)=N2)[C@@H](C)CO1. The van der Waals surface area contributed by atoms with E-state index in [2.05, 4.69) is 16.9 Å². The van der Waals surface area contributed by atoms with Gasteiger partial charge in [-0.3, -0.25) is 9.69 Å². The Balaban J connectivity index is 1.62. The van der Waals surface area contributed by atoms with Crippen molar-refractivity contribution in [1.29, 1.82) is 0 Å². The molecule has 1 saturated heterocycles. The summed E-state index contributed by atoms with van der Waals surface area (Å²) in [5, 5.41) is 6.13. The third-order valence-electron chi connectivity index (χ3n) is 4.27. The fraction of sp³-hybridized carbons (Fsp3) is 0.529. The van der Waals surface area contributed by atoms with Gasteiger partial charge in [-0.25, -0.2) is 5.01 Å². The van der Waals surface area contributed by atoms with Gasteiger partial charge in [-0.1, -0.05) is 30.3 Å². The van der Waals surface area contributed by atoms with E-state index in [4.69, 9.17) is 4.74 Å². The number of hydrogen-bond acceptors (Lipinski definition) is 4. The molecule has 0 aromatic heterocycles. The summed E-state index contributed by atoms with van der Waals surface area (Å²) in [6.45, 7) is 6.73. The van der Waals surface area contributed by atoms with Crippen LogP contribution >= 0.6 is 0 Å². The first-order valence-electron chi connectivity index (χ1n) is 7.92. The van der Waals surface area contributed by atoms with Crippen LogP contribution in [0, 0.1) is 0 Å². The molecule has 2 atom stereocenters. The highest BCUT2D eigenvalue weighted by molar-refractivity contribution is 6.02. The Bertz CT molecular complexity index is 558. The van der Waals surface area contributed by atoms with Crippen LogP contribution < -0.4 is 0 Å². The molecule has 0 spiro atoms. The quantitative estimate of drug-likeness (QED) is 0.854. The summed E-state index contributed by atoms with van der Waals surface area (Å²) < 4.78 is 5.61. The van der Waals surface area contributed by atoms with Crippen LogP contribution in [0.25, 0.3) is 0 Å². The van der Waals surface area contributed by atoms with Crippen LogP contribution in [0.4, 0.5) is 0 Å². The zero-order chi connectivity index (χ0) is 15.5. The molecule has 0 N–H and O–H groups in total. The van der Waals surface area contributed by atoms with Crippen molar-refractivity contribution < 1.29 is 9.53 Å². The first-order valence-corrected chi connectivity index (χ1v) is 7.92. The van der Waals surface area contributed by atoms with Crippen molar-refractivity contribution in [3.63, 3.8) is 0 Å². The molecule has 0 bridgehead atoms. The van der Waals surface area contributed by atoms with Crippen molar-refractivity contribution in [3.05, 3.63) is 35.9 Å². The number of rotatable bonds is 3. The van der Waals surface area contributed by atoms with Gasteiger partial charge in [0.15, 0.2) is 0 Å². The molecule has 0 unspecified atom stereocenters. The summed E-state index contributed by atoms with van der Waals surface area (Å²) in [4.78, 5) is 14.7. The van der Waals surface area contributed by atoms with E-state index in [-0.39, 0.29) is 18.1 Å². The molecule has 1 amide bonds. The predicted octanol–water partition coefficient (Wildman–Crippen LogP) is 1.73. The van der Waals surface area contributed by atoms with Gasteiger partial charge >= 0.3 is 0 Å². The molecule has 5 nitrogen and oxygen atoms in total. The maximum absolute atomic E-state index is 12.5. The van der Waals surface area contributed by atoms with Crippen molar-refractivity contribution in [2.24, 2.45) is 5.10 Å². The topological polar surface area (TPSA) is 45.1 Å². The number of amides is 1. The summed E-state index contributed by atoms with van der Waals surface area (Å²) >= 11 is 0. The zero-order valence-corrected chi connectivity index (χ0v) is 13.2. The minimum atomic E-state index is 0.0758. The maximum Gasteiger partial charge on any atom is 0.256 e. The van der Waals surface area contributed by atoms with Crippen molar-refractivity contribution >= 4 is 11.6 Å². The molecule has 5 heteroatoms. The van der Waals surface area contributed by atoms with Crippen molar-refractivity contribution in [3.8, 4) is 0 Å². The summed E-state index contributed by atoms with van der Waals surface area (Å²) in [5.74, 6) is 0.0758. The van der Waals surface area contributed by atoms with Crippen LogP contribution in [-0.4, -0.2) is 59.9 Å². The second-order valence-corrected chi connectivity index (χ2v) is 6.10. The Hall–Kier alpha value is -1.72. The number of carbonyl (C=O) groups is 1. The number of carbonyl (C=O) groups excluding carboxylic acids is 1. The number of morpholine rings is 1. The van der Waals surface area contributed by atoms with E-state index >= 15 is 0 Å². The van der Waals surface area contributed by atoms with Gasteiger partial charge in [0, 0.05) is 19.0 Å². The number of hydrazone groups is 1. The molecule has 22 heavy (non-hydrogen) atoms. The largest absolute Gasteiger partial charge is 0.376 e. The molecular formula is C17H23N3O2. The summed E-state index contributed by atoms with van der Waals surface area (Å²) in [5.41, 5.74) is 2.10. The van der Waals surface area contributed by atoms with E-state index in [9.17, 15) is 4.79 Å². The van der Waals surface area contributed by atoms with Gasteiger partial charge < -0.3 is 4.74 Å². The Morgan fingerprint density at radius 3 is 2.86 bits per heavy atom. The molecule has 118 valence electrons. The minimum Gasteiger partial charge on any atom is -0.376 e. The molecule has 2 aliphatic rings.